The third-order valence-corrected chi connectivity index (χ3v) is 4.70. The van der Waals surface area contributed by atoms with Gasteiger partial charge in [0, 0.05) is 0 Å². The van der Waals surface area contributed by atoms with Crippen molar-refractivity contribution in [2.75, 3.05) is 6.61 Å². The lowest BCUT2D eigenvalue weighted by Crippen LogP contribution is -2.02. The Labute approximate surface area is 181 Å². The summed E-state index contributed by atoms with van der Waals surface area (Å²) >= 11 is 0. The predicted octanol–water partition coefficient (Wildman–Crippen LogP) is 4.79. The van der Waals surface area contributed by atoms with Crippen LogP contribution >= 0.6 is 15.6 Å². The number of ether oxygens (including phenoxy) is 1. The van der Waals surface area contributed by atoms with E-state index in [9.17, 15) is 0 Å². The molecule has 0 aromatic heterocycles. The van der Waals surface area contributed by atoms with Crippen LogP contribution in [-0.4, -0.2) is 41.6 Å². The summed E-state index contributed by atoms with van der Waals surface area (Å²) in [7, 11) is -9.28. The summed E-state index contributed by atoms with van der Waals surface area (Å²) in [6.07, 6.45) is 21.5. The number of unbranched alkanes of at least 4 members (excludes halogenated alkanes) is 13. The second-order valence-electron chi connectivity index (χ2n) is 8.11. The van der Waals surface area contributed by atoms with Gasteiger partial charge in [0.15, 0.2) is 0 Å². The molecule has 1 atom stereocenters. The maximum absolute atomic E-state index is 8.88. The smallest absolute Gasteiger partial charge is 0.370 e. The van der Waals surface area contributed by atoms with E-state index < -0.39 is 15.6 Å². The molecule has 1 fully saturated rings. The van der Waals surface area contributed by atoms with Crippen molar-refractivity contribution in [2.45, 2.75) is 116 Å². The maximum atomic E-state index is 8.88. The van der Waals surface area contributed by atoms with Crippen LogP contribution in [0.1, 0.15) is 110 Å². The predicted molar refractivity (Wildman–Crippen MR) is 118 cm³/mol. The molecule has 11 heteroatoms. The SMILES string of the molecule is CCCCCCCCCCCCCCCCC1(C)CO1.O=P(O)(O)O.O=P(O)(O)O. The van der Waals surface area contributed by atoms with Crippen molar-refractivity contribution in [2.24, 2.45) is 0 Å². The van der Waals surface area contributed by atoms with E-state index in [2.05, 4.69) is 13.8 Å². The molecule has 0 saturated carbocycles. The van der Waals surface area contributed by atoms with Gasteiger partial charge < -0.3 is 34.1 Å². The first-order valence-electron chi connectivity index (χ1n) is 11.0. The van der Waals surface area contributed by atoms with Crippen molar-refractivity contribution in [3.05, 3.63) is 0 Å². The first kappa shape index (κ1) is 32.4. The third kappa shape index (κ3) is 42.3. The Balaban J connectivity index is 0. The van der Waals surface area contributed by atoms with E-state index in [4.69, 9.17) is 43.2 Å². The van der Waals surface area contributed by atoms with Crippen molar-refractivity contribution < 1.29 is 43.2 Å². The van der Waals surface area contributed by atoms with E-state index in [1.807, 2.05) is 0 Å². The molecule has 0 aliphatic carbocycles. The van der Waals surface area contributed by atoms with E-state index in [-0.39, 0.29) is 5.60 Å². The second-order valence-corrected chi connectivity index (χ2v) is 10.2. The summed E-state index contributed by atoms with van der Waals surface area (Å²) < 4.78 is 23.2. The Morgan fingerprint density at radius 2 is 0.867 bits per heavy atom. The number of hydrogen-bond donors (Lipinski definition) is 6. The lowest BCUT2D eigenvalue weighted by Gasteiger charge is -2.05. The van der Waals surface area contributed by atoms with Crippen LogP contribution in [0.15, 0.2) is 0 Å². The summed E-state index contributed by atoms with van der Waals surface area (Å²) in [5.41, 5.74) is 0.289. The molecule has 0 spiro atoms. The molecule has 1 unspecified atom stereocenters. The highest BCUT2D eigenvalue weighted by atomic mass is 31.2. The molecule has 1 heterocycles. The van der Waals surface area contributed by atoms with Gasteiger partial charge >= 0.3 is 15.6 Å². The molecule has 1 aliphatic rings. The zero-order chi connectivity index (χ0) is 23.5. The van der Waals surface area contributed by atoms with Crippen LogP contribution in [0.25, 0.3) is 0 Å². The molecule has 6 N–H and O–H groups in total. The van der Waals surface area contributed by atoms with Crippen molar-refractivity contribution in [1.29, 1.82) is 0 Å². The molecular weight excluding hydrogens is 434 g/mol. The highest BCUT2D eigenvalue weighted by molar-refractivity contribution is 7.45. The molecule has 30 heavy (non-hydrogen) atoms. The van der Waals surface area contributed by atoms with Crippen molar-refractivity contribution in [3.63, 3.8) is 0 Å². The number of phosphoric acid groups is 2. The number of rotatable bonds is 15. The van der Waals surface area contributed by atoms with Gasteiger partial charge in [-0.15, -0.1) is 0 Å². The summed E-state index contributed by atoms with van der Waals surface area (Å²) in [6.45, 7) is 5.54. The zero-order valence-electron chi connectivity index (χ0n) is 18.6. The molecule has 9 nitrogen and oxygen atoms in total. The Morgan fingerprint density at radius 1 is 0.633 bits per heavy atom. The Hall–Kier alpha value is 0.180. The molecule has 1 rings (SSSR count). The molecule has 0 bridgehead atoms. The zero-order valence-corrected chi connectivity index (χ0v) is 20.4. The fraction of sp³-hybridized carbons (Fsp3) is 1.00. The maximum Gasteiger partial charge on any atom is 0.466 e. The third-order valence-electron chi connectivity index (χ3n) is 4.70. The minimum absolute atomic E-state index is 0.289. The topological polar surface area (TPSA) is 168 Å². The van der Waals surface area contributed by atoms with E-state index >= 15 is 0 Å². The van der Waals surface area contributed by atoms with E-state index in [1.165, 1.54) is 96.3 Å². The summed E-state index contributed by atoms with van der Waals surface area (Å²) in [4.78, 5) is 43.1. The van der Waals surface area contributed by atoms with Gasteiger partial charge in [-0.05, 0) is 13.3 Å². The molecule has 184 valence electrons. The summed E-state index contributed by atoms with van der Waals surface area (Å²) in [5, 5.41) is 0. The van der Waals surface area contributed by atoms with E-state index in [1.54, 1.807) is 0 Å². The van der Waals surface area contributed by atoms with E-state index in [0.717, 1.165) is 6.61 Å². The average molecular weight is 478 g/mol. The highest BCUT2D eigenvalue weighted by Gasteiger charge is 2.37. The van der Waals surface area contributed by atoms with Crippen molar-refractivity contribution in [1.82, 2.24) is 0 Å². The van der Waals surface area contributed by atoms with E-state index in [0.29, 0.717) is 0 Å². The van der Waals surface area contributed by atoms with Crippen LogP contribution in [0.5, 0.6) is 0 Å². The van der Waals surface area contributed by atoms with Crippen LogP contribution in [0.2, 0.25) is 0 Å². The normalized spacial score (nSPS) is 18.1. The van der Waals surface area contributed by atoms with Crippen LogP contribution < -0.4 is 0 Å². The molecule has 0 aromatic rings. The monoisotopic (exact) mass is 478 g/mol. The van der Waals surface area contributed by atoms with Crippen LogP contribution in [0, 0.1) is 0 Å². The quantitative estimate of drug-likeness (QED) is 0.110. The summed E-state index contributed by atoms with van der Waals surface area (Å²) in [6, 6.07) is 0. The molecule has 0 radical (unpaired) electrons. The van der Waals surface area contributed by atoms with Crippen LogP contribution in [-0.2, 0) is 13.9 Å². The van der Waals surface area contributed by atoms with Gasteiger partial charge in [-0.2, -0.15) is 0 Å². The standard InChI is InChI=1S/C19H38O.2H3O4P/c1-3-4-5-6-7-8-9-10-11-12-13-14-15-16-17-19(2)18-20-19;2*1-5(2,3)4/h3-18H2,1-2H3;2*(H3,1,2,3,4). The first-order chi connectivity index (χ1) is 13.8. The number of hydrogen-bond acceptors (Lipinski definition) is 3. The van der Waals surface area contributed by atoms with Gasteiger partial charge in [-0.1, -0.05) is 96.8 Å². The highest BCUT2D eigenvalue weighted by Crippen LogP contribution is 2.32. The molecular formula is C19H44O9P2. The van der Waals surface area contributed by atoms with Gasteiger partial charge in [0.2, 0.25) is 0 Å². The van der Waals surface area contributed by atoms with Crippen LogP contribution in [0.4, 0.5) is 0 Å². The van der Waals surface area contributed by atoms with Crippen molar-refractivity contribution >= 4 is 15.6 Å². The molecule has 0 amide bonds. The van der Waals surface area contributed by atoms with Gasteiger partial charge in [0.05, 0.1) is 12.2 Å². The number of epoxide rings is 1. The fourth-order valence-corrected chi connectivity index (χ4v) is 2.96. The Kier molecular flexibility index (Phi) is 20.2. The van der Waals surface area contributed by atoms with Crippen LogP contribution in [0.3, 0.4) is 0 Å². The van der Waals surface area contributed by atoms with Gasteiger partial charge in [0.25, 0.3) is 0 Å². The minimum Gasteiger partial charge on any atom is -0.370 e. The van der Waals surface area contributed by atoms with Gasteiger partial charge in [0.1, 0.15) is 0 Å². The first-order valence-corrected chi connectivity index (χ1v) is 14.1. The molecule has 1 saturated heterocycles. The molecule has 0 aromatic carbocycles. The van der Waals surface area contributed by atoms with Gasteiger partial charge in [-0.3, -0.25) is 0 Å². The average Bonchev–Trinajstić information content (AvgIpc) is 3.30. The molecule has 1 aliphatic heterocycles. The largest absolute Gasteiger partial charge is 0.466 e. The lowest BCUT2D eigenvalue weighted by atomic mass is 10.0. The minimum atomic E-state index is -4.64. The second kappa shape index (κ2) is 18.7. The van der Waals surface area contributed by atoms with Crippen molar-refractivity contribution in [3.8, 4) is 0 Å². The Morgan fingerprint density at radius 3 is 1.10 bits per heavy atom. The fourth-order valence-electron chi connectivity index (χ4n) is 2.96. The Bertz CT molecular complexity index is 436. The summed E-state index contributed by atoms with van der Waals surface area (Å²) in [5.74, 6) is 0. The lowest BCUT2D eigenvalue weighted by molar-refractivity contribution is 0.272. The van der Waals surface area contributed by atoms with Gasteiger partial charge in [-0.25, -0.2) is 9.13 Å².